The number of phenolic OH excluding ortho intramolecular Hbond substituents is 1. The average Bonchev–Trinajstić information content (AvgIpc) is 3.51. The molecule has 2 aromatic carbocycles. The van der Waals surface area contributed by atoms with Crippen LogP contribution in [0.25, 0.3) is 6.08 Å². The zero-order valence-electron chi connectivity index (χ0n) is 22.5. The molecule has 4 rings (SSSR count). The van der Waals surface area contributed by atoms with Gasteiger partial charge in [-0.1, -0.05) is 19.9 Å². The molecule has 8 nitrogen and oxygen atoms in total. The molecule has 0 unspecified atom stereocenters. The minimum atomic E-state index is -0.0542. The maximum absolute atomic E-state index is 12.9. The molecular formula is C30H36N4O4S. The summed E-state index contributed by atoms with van der Waals surface area (Å²) >= 11 is 1.53. The summed E-state index contributed by atoms with van der Waals surface area (Å²) in [5, 5.41) is 23.8. The van der Waals surface area contributed by atoms with Crippen molar-refractivity contribution >= 4 is 40.5 Å². The summed E-state index contributed by atoms with van der Waals surface area (Å²) in [6, 6.07) is 15.4. The second-order valence-electron chi connectivity index (χ2n) is 9.23. The van der Waals surface area contributed by atoms with Gasteiger partial charge in [0.15, 0.2) is 11.5 Å². The normalized spacial score (nSPS) is 13.5. The van der Waals surface area contributed by atoms with E-state index in [2.05, 4.69) is 10.2 Å². The zero-order chi connectivity index (χ0) is 27.6. The quantitative estimate of drug-likeness (QED) is 0.158. The highest BCUT2D eigenvalue weighted by Crippen LogP contribution is 2.38. The van der Waals surface area contributed by atoms with Crippen LogP contribution in [0.2, 0.25) is 0 Å². The number of benzene rings is 2. The Balaban J connectivity index is 1.32. The average molecular weight is 549 g/mol. The van der Waals surface area contributed by atoms with E-state index in [0.29, 0.717) is 43.6 Å². The van der Waals surface area contributed by atoms with Crippen LogP contribution in [0.15, 0.2) is 60.0 Å². The lowest BCUT2D eigenvalue weighted by atomic mass is 10.1. The number of anilines is 2. The molecule has 1 aromatic heterocycles. The third-order valence-electron chi connectivity index (χ3n) is 6.26. The molecule has 0 aliphatic carbocycles. The highest BCUT2D eigenvalue weighted by molar-refractivity contribution is 7.12. The number of carbonyl (C=O) groups excluding carboxylic acids is 1. The molecule has 0 atom stereocenters. The maximum atomic E-state index is 12.9. The number of amidine groups is 1. The topological polar surface area (TPSA) is 98.1 Å². The first-order chi connectivity index (χ1) is 19.0. The lowest BCUT2D eigenvalue weighted by Gasteiger charge is -2.35. The molecule has 0 saturated carbocycles. The number of rotatable bonds is 11. The van der Waals surface area contributed by atoms with E-state index < -0.39 is 0 Å². The molecule has 1 fully saturated rings. The van der Waals surface area contributed by atoms with Gasteiger partial charge in [-0.25, -0.2) is 0 Å². The largest absolute Gasteiger partial charge is 0.502 e. The number of hydrogen-bond donors (Lipinski definition) is 3. The second-order valence-corrected chi connectivity index (χ2v) is 10.2. The molecule has 39 heavy (non-hydrogen) atoms. The lowest BCUT2D eigenvalue weighted by molar-refractivity contribution is -0.126. The van der Waals surface area contributed by atoms with Crippen LogP contribution in [-0.4, -0.2) is 61.1 Å². The number of nitrogens with zero attached hydrogens (tertiary/aromatic N) is 2. The Hall–Kier alpha value is -3.98. The van der Waals surface area contributed by atoms with Gasteiger partial charge in [0, 0.05) is 43.6 Å². The standard InChI is InChI=1S/C30H36N4O4S/c1-3-17-37-25-20-22(21-26(29(25)36)38-18-4-2)7-12-28(35)34-15-13-33(14-16-34)24-10-8-23(9-11-24)32-30(31)27-6-5-19-39-27/h5-12,19-21,36H,3-4,13-18H2,1-2H3,(H2,31,32)/b12-7+. The number of hydrogen-bond acceptors (Lipinski definition) is 7. The molecule has 1 aliphatic rings. The van der Waals surface area contributed by atoms with E-state index in [4.69, 9.17) is 14.9 Å². The van der Waals surface area contributed by atoms with Gasteiger partial charge in [-0.2, -0.15) is 0 Å². The van der Waals surface area contributed by atoms with Gasteiger partial charge in [-0.05, 0) is 72.3 Å². The van der Waals surface area contributed by atoms with Gasteiger partial charge in [0.25, 0.3) is 0 Å². The van der Waals surface area contributed by atoms with Crippen molar-refractivity contribution in [1.29, 1.82) is 5.41 Å². The van der Waals surface area contributed by atoms with Crippen LogP contribution >= 0.6 is 11.3 Å². The molecule has 1 aliphatic heterocycles. The summed E-state index contributed by atoms with van der Waals surface area (Å²) in [5.41, 5.74) is 2.70. The van der Waals surface area contributed by atoms with Crippen LogP contribution in [0, 0.1) is 5.41 Å². The van der Waals surface area contributed by atoms with Gasteiger partial charge in [0.05, 0.1) is 18.1 Å². The number of amides is 1. The van der Waals surface area contributed by atoms with Crippen molar-refractivity contribution in [3.05, 3.63) is 70.4 Å². The smallest absolute Gasteiger partial charge is 0.246 e. The van der Waals surface area contributed by atoms with Crippen molar-refractivity contribution in [2.24, 2.45) is 0 Å². The van der Waals surface area contributed by atoms with Crippen molar-refractivity contribution in [1.82, 2.24) is 4.90 Å². The van der Waals surface area contributed by atoms with Crippen LogP contribution in [0.5, 0.6) is 17.2 Å². The zero-order valence-corrected chi connectivity index (χ0v) is 23.3. The molecule has 9 heteroatoms. The molecule has 2 heterocycles. The molecule has 1 saturated heterocycles. The minimum absolute atomic E-state index is 0.0129. The monoisotopic (exact) mass is 548 g/mol. The number of carbonyl (C=O) groups is 1. The van der Waals surface area contributed by atoms with Crippen molar-refractivity contribution in [3.63, 3.8) is 0 Å². The van der Waals surface area contributed by atoms with Gasteiger partial charge in [0.2, 0.25) is 11.7 Å². The van der Waals surface area contributed by atoms with Gasteiger partial charge >= 0.3 is 0 Å². The summed E-state index contributed by atoms with van der Waals surface area (Å²) in [6.45, 7) is 7.68. The van der Waals surface area contributed by atoms with Gasteiger partial charge < -0.3 is 29.7 Å². The van der Waals surface area contributed by atoms with Gasteiger partial charge in [-0.3, -0.25) is 10.2 Å². The minimum Gasteiger partial charge on any atom is -0.502 e. The Kier molecular flexibility index (Phi) is 9.85. The fraction of sp³-hybridized carbons (Fsp3) is 0.333. The predicted molar refractivity (Wildman–Crippen MR) is 159 cm³/mol. The van der Waals surface area contributed by atoms with Crippen LogP contribution in [0.1, 0.15) is 37.1 Å². The summed E-state index contributed by atoms with van der Waals surface area (Å²) in [5.74, 6) is 1.04. The number of thiophene rings is 1. The first kappa shape index (κ1) is 28.0. The molecule has 0 bridgehead atoms. The van der Waals surface area contributed by atoms with Crippen molar-refractivity contribution in [3.8, 4) is 17.2 Å². The molecular weight excluding hydrogens is 512 g/mol. The maximum Gasteiger partial charge on any atom is 0.246 e. The first-order valence-corrected chi connectivity index (χ1v) is 14.2. The highest BCUT2D eigenvalue weighted by Gasteiger charge is 2.20. The number of aromatic hydroxyl groups is 1. The summed E-state index contributed by atoms with van der Waals surface area (Å²) in [6.07, 6.45) is 4.94. The molecule has 3 N–H and O–H groups in total. The van der Waals surface area contributed by atoms with E-state index in [0.717, 1.165) is 47.7 Å². The number of ether oxygens (including phenoxy) is 2. The Labute approximate surface area is 234 Å². The van der Waals surface area contributed by atoms with E-state index in [1.54, 1.807) is 24.3 Å². The molecule has 3 aromatic rings. The van der Waals surface area contributed by atoms with E-state index >= 15 is 0 Å². The third kappa shape index (κ3) is 7.54. The Bertz CT molecular complexity index is 1240. The number of piperazine rings is 1. The Morgan fingerprint density at radius 3 is 2.23 bits per heavy atom. The third-order valence-corrected chi connectivity index (χ3v) is 7.15. The SMILES string of the molecule is CCCOc1cc(/C=C/C(=O)N2CCN(c3ccc(NC(=N)c4cccs4)cc3)CC2)cc(OCCC)c1O. The fourth-order valence-corrected chi connectivity index (χ4v) is 4.81. The first-order valence-electron chi connectivity index (χ1n) is 13.3. The predicted octanol–water partition coefficient (Wildman–Crippen LogP) is 5.83. The number of nitrogens with one attached hydrogen (secondary N) is 2. The van der Waals surface area contributed by atoms with Crippen molar-refractivity contribution in [2.75, 3.05) is 49.6 Å². The highest BCUT2D eigenvalue weighted by atomic mass is 32.1. The van der Waals surface area contributed by atoms with E-state index in [-0.39, 0.29) is 11.7 Å². The lowest BCUT2D eigenvalue weighted by Crippen LogP contribution is -2.48. The van der Waals surface area contributed by atoms with Crippen LogP contribution in [0.3, 0.4) is 0 Å². The van der Waals surface area contributed by atoms with E-state index in [9.17, 15) is 9.90 Å². The Morgan fingerprint density at radius 2 is 1.67 bits per heavy atom. The van der Waals surface area contributed by atoms with Crippen LogP contribution < -0.4 is 19.7 Å². The van der Waals surface area contributed by atoms with Crippen molar-refractivity contribution < 1.29 is 19.4 Å². The Morgan fingerprint density at radius 1 is 1.03 bits per heavy atom. The van der Waals surface area contributed by atoms with Crippen molar-refractivity contribution in [2.45, 2.75) is 26.7 Å². The molecule has 206 valence electrons. The summed E-state index contributed by atoms with van der Waals surface area (Å²) in [4.78, 5) is 17.9. The fourth-order valence-electron chi connectivity index (χ4n) is 4.18. The van der Waals surface area contributed by atoms with Gasteiger partial charge in [0.1, 0.15) is 5.84 Å². The molecule has 0 radical (unpaired) electrons. The molecule has 1 amide bonds. The van der Waals surface area contributed by atoms with E-state index in [1.165, 1.54) is 11.3 Å². The molecule has 0 spiro atoms. The second kappa shape index (κ2) is 13.7. The summed E-state index contributed by atoms with van der Waals surface area (Å²) in [7, 11) is 0. The van der Waals surface area contributed by atoms with Crippen LogP contribution in [0.4, 0.5) is 11.4 Å². The van der Waals surface area contributed by atoms with Crippen LogP contribution in [-0.2, 0) is 4.79 Å². The van der Waals surface area contributed by atoms with E-state index in [1.807, 2.05) is 60.5 Å². The van der Waals surface area contributed by atoms with Gasteiger partial charge in [-0.15, -0.1) is 11.3 Å². The summed E-state index contributed by atoms with van der Waals surface area (Å²) < 4.78 is 11.4. The number of phenols is 1.